The molecule has 4 unspecified atom stereocenters. The van der Waals surface area contributed by atoms with Crippen LogP contribution >= 0.6 is 35.0 Å². The average molecular weight is 265 g/mol. The number of fused-ring (bicyclic) bond motifs is 1. The Morgan fingerprint density at radius 2 is 2.33 bits per heavy atom. The van der Waals surface area contributed by atoms with Gasteiger partial charge in [-0.25, -0.2) is 0 Å². The maximum absolute atomic E-state index is 9.32. The molecule has 1 fully saturated rings. The Balaban J connectivity index is 2.25. The van der Waals surface area contributed by atoms with Crippen LogP contribution in [0.1, 0.15) is 13.3 Å². The smallest absolute Gasteiger partial charge is 0.0620 e. The fourth-order valence-electron chi connectivity index (χ4n) is 2.14. The first-order chi connectivity index (χ1) is 7.13. The molecule has 1 aliphatic heterocycles. The largest absolute Gasteiger partial charge is 0.396 e. The predicted octanol–water partition coefficient (Wildman–Crippen LogP) is 3.16. The number of aliphatic hydroxyl groups is 1. The van der Waals surface area contributed by atoms with Crippen molar-refractivity contribution in [2.75, 3.05) is 6.61 Å². The van der Waals surface area contributed by atoms with Crippen molar-refractivity contribution in [2.45, 2.75) is 29.2 Å². The van der Waals surface area contributed by atoms with E-state index in [4.69, 9.17) is 23.2 Å². The number of aliphatic hydroxyl groups excluding tert-OH is 1. The van der Waals surface area contributed by atoms with Crippen molar-refractivity contribution in [2.24, 2.45) is 5.92 Å². The average Bonchev–Trinajstić information content (AvgIpc) is 2.20. The number of thioether (sulfide) groups is 1. The maximum atomic E-state index is 9.32. The zero-order valence-electron chi connectivity index (χ0n) is 8.49. The van der Waals surface area contributed by atoms with Crippen molar-refractivity contribution in [3.63, 3.8) is 0 Å². The Bertz CT molecular complexity index is 314. The lowest BCUT2D eigenvalue weighted by Crippen LogP contribution is -2.39. The van der Waals surface area contributed by atoms with Crippen LogP contribution in [0.5, 0.6) is 0 Å². The van der Waals surface area contributed by atoms with Gasteiger partial charge in [-0.2, -0.15) is 11.8 Å². The van der Waals surface area contributed by atoms with E-state index in [9.17, 15) is 5.11 Å². The van der Waals surface area contributed by atoms with Gasteiger partial charge < -0.3 is 5.11 Å². The monoisotopic (exact) mass is 264 g/mol. The lowest BCUT2D eigenvalue weighted by atomic mass is 9.90. The van der Waals surface area contributed by atoms with E-state index >= 15 is 0 Å². The van der Waals surface area contributed by atoms with Gasteiger partial charge in [-0.15, -0.1) is 11.6 Å². The van der Waals surface area contributed by atoms with Crippen LogP contribution in [0, 0.1) is 5.92 Å². The van der Waals surface area contributed by atoms with Gasteiger partial charge in [-0.3, -0.25) is 0 Å². The van der Waals surface area contributed by atoms with Crippen LogP contribution in [0.25, 0.3) is 0 Å². The van der Waals surface area contributed by atoms with Crippen LogP contribution in [-0.4, -0.2) is 27.6 Å². The summed E-state index contributed by atoms with van der Waals surface area (Å²) in [5.41, 5.74) is 1.19. The molecular weight excluding hydrogens is 251 g/mol. The van der Waals surface area contributed by atoms with Gasteiger partial charge in [-0.1, -0.05) is 24.6 Å². The minimum absolute atomic E-state index is 0.0706. The van der Waals surface area contributed by atoms with E-state index in [2.05, 4.69) is 6.92 Å². The van der Waals surface area contributed by atoms with Crippen LogP contribution in [0.4, 0.5) is 0 Å². The molecule has 0 radical (unpaired) electrons. The summed E-state index contributed by atoms with van der Waals surface area (Å²) in [6.07, 6.45) is 4.97. The van der Waals surface area contributed by atoms with Crippen molar-refractivity contribution < 1.29 is 5.11 Å². The van der Waals surface area contributed by atoms with E-state index in [0.29, 0.717) is 10.5 Å². The Morgan fingerprint density at radius 3 is 3.00 bits per heavy atom. The molecule has 2 rings (SSSR count). The molecule has 4 heteroatoms. The Kier molecular flexibility index (Phi) is 3.71. The molecule has 15 heavy (non-hydrogen) atoms. The number of allylic oxidation sites excluding steroid dienone is 3. The maximum Gasteiger partial charge on any atom is 0.0620 e. The highest BCUT2D eigenvalue weighted by Gasteiger charge is 2.38. The van der Waals surface area contributed by atoms with Gasteiger partial charge in [0.1, 0.15) is 0 Å². The van der Waals surface area contributed by atoms with Gasteiger partial charge >= 0.3 is 0 Å². The number of rotatable bonds is 1. The Labute approximate surface area is 105 Å². The molecule has 1 saturated heterocycles. The van der Waals surface area contributed by atoms with Gasteiger partial charge in [0.05, 0.1) is 5.38 Å². The summed E-state index contributed by atoms with van der Waals surface area (Å²) in [6.45, 7) is 2.28. The molecule has 0 aromatic rings. The third-order valence-corrected chi connectivity index (χ3v) is 5.50. The van der Waals surface area contributed by atoms with E-state index in [1.165, 1.54) is 5.57 Å². The number of hydrogen-bond donors (Lipinski definition) is 1. The first kappa shape index (κ1) is 11.8. The zero-order chi connectivity index (χ0) is 11.0. The first-order valence-electron chi connectivity index (χ1n) is 5.11. The van der Waals surface area contributed by atoms with Crippen molar-refractivity contribution in [1.82, 2.24) is 0 Å². The molecule has 1 aliphatic carbocycles. The second-order valence-electron chi connectivity index (χ2n) is 4.05. The summed E-state index contributed by atoms with van der Waals surface area (Å²) in [6, 6.07) is 0. The Hall–Kier alpha value is 0.370. The van der Waals surface area contributed by atoms with Crippen molar-refractivity contribution in [1.29, 1.82) is 0 Å². The molecule has 0 saturated carbocycles. The number of hydrogen-bond acceptors (Lipinski definition) is 2. The lowest BCUT2D eigenvalue weighted by molar-refractivity contribution is 0.224. The standard InChI is InChI=1S/C11H14Cl2OS/c1-6-9(5-14)11(13)8-4-7(12)2-3-10(8)15-6/h2,4,6,9-11,14H,3,5H2,1H3. The van der Waals surface area contributed by atoms with Crippen LogP contribution < -0.4 is 0 Å². The highest BCUT2D eigenvalue weighted by atomic mass is 35.5. The van der Waals surface area contributed by atoms with Crippen molar-refractivity contribution >= 4 is 35.0 Å². The third kappa shape index (κ3) is 2.23. The van der Waals surface area contributed by atoms with E-state index in [1.807, 2.05) is 23.9 Å². The molecule has 0 spiro atoms. The summed E-state index contributed by atoms with van der Waals surface area (Å²) in [4.78, 5) is 0. The van der Waals surface area contributed by atoms with E-state index < -0.39 is 0 Å². The van der Waals surface area contributed by atoms with Crippen molar-refractivity contribution in [3.8, 4) is 0 Å². The summed E-state index contributed by atoms with van der Waals surface area (Å²) in [5, 5.41) is 10.9. The van der Waals surface area contributed by atoms with Crippen LogP contribution in [0.2, 0.25) is 0 Å². The molecule has 2 aliphatic rings. The molecule has 84 valence electrons. The minimum atomic E-state index is -0.0706. The summed E-state index contributed by atoms with van der Waals surface area (Å²) < 4.78 is 0. The van der Waals surface area contributed by atoms with Crippen LogP contribution in [0.15, 0.2) is 22.8 Å². The number of alkyl halides is 1. The molecule has 0 aromatic carbocycles. The summed E-state index contributed by atoms with van der Waals surface area (Å²) >= 11 is 14.3. The molecule has 1 N–H and O–H groups in total. The summed E-state index contributed by atoms with van der Waals surface area (Å²) in [7, 11) is 0. The van der Waals surface area contributed by atoms with E-state index in [-0.39, 0.29) is 17.9 Å². The Morgan fingerprint density at radius 1 is 1.60 bits per heavy atom. The van der Waals surface area contributed by atoms with Gasteiger partial charge in [0.25, 0.3) is 0 Å². The first-order valence-corrected chi connectivity index (χ1v) is 6.86. The van der Waals surface area contributed by atoms with Gasteiger partial charge in [0.15, 0.2) is 0 Å². The lowest BCUT2D eigenvalue weighted by Gasteiger charge is -2.39. The minimum Gasteiger partial charge on any atom is -0.396 e. The van der Waals surface area contributed by atoms with Crippen molar-refractivity contribution in [3.05, 3.63) is 22.8 Å². The molecule has 0 aromatic heterocycles. The van der Waals surface area contributed by atoms with Gasteiger partial charge in [0.2, 0.25) is 0 Å². The predicted molar refractivity (Wildman–Crippen MR) is 67.7 cm³/mol. The molecule has 0 amide bonds. The molecular formula is C11H14Cl2OS. The summed E-state index contributed by atoms with van der Waals surface area (Å²) in [5.74, 6) is 0.140. The third-order valence-electron chi connectivity index (χ3n) is 3.09. The molecule has 1 heterocycles. The normalized spacial score (nSPS) is 40.5. The fraction of sp³-hybridized carbons (Fsp3) is 0.636. The second kappa shape index (κ2) is 4.70. The highest BCUT2D eigenvalue weighted by molar-refractivity contribution is 8.00. The molecule has 1 nitrogen and oxygen atoms in total. The number of halogens is 2. The van der Waals surface area contributed by atoms with Crippen LogP contribution in [0.3, 0.4) is 0 Å². The zero-order valence-corrected chi connectivity index (χ0v) is 10.8. The molecule has 0 bridgehead atoms. The van der Waals surface area contributed by atoms with Gasteiger partial charge in [-0.05, 0) is 18.1 Å². The van der Waals surface area contributed by atoms with E-state index in [0.717, 1.165) is 11.5 Å². The fourth-order valence-corrected chi connectivity index (χ4v) is 4.58. The van der Waals surface area contributed by atoms with E-state index in [1.54, 1.807) is 0 Å². The quantitative estimate of drug-likeness (QED) is 0.735. The van der Waals surface area contributed by atoms with Crippen LogP contribution in [-0.2, 0) is 0 Å². The van der Waals surface area contributed by atoms with Gasteiger partial charge in [0, 0.05) is 28.1 Å². The highest BCUT2D eigenvalue weighted by Crippen LogP contribution is 2.45. The molecule has 4 atom stereocenters. The topological polar surface area (TPSA) is 20.2 Å². The SMILES string of the molecule is CC1SC2CC=C(Cl)C=C2C(Cl)C1CO. The second-order valence-corrected chi connectivity index (χ2v) is 6.54.